The van der Waals surface area contributed by atoms with E-state index in [1.165, 1.54) is 0 Å². The van der Waals surface area contributed by atoms with Gasteiger partial charge in [0.1, 0.15) is 0 Å². The second-order valence-corrected chi connectivity index (χ2v) is 4.62. The number of hydrogen-bond acceptors (Lipinski definition) is 4. The smallest absolute Gasteiger partial charge is 0.320 e. The van der Waals surface area contributed by atoms with Gasteiger partial charge in [0.2, 0.25) is 0 Å². The maximum absolute atomic E-state index is 11.9. The molecule has 0 saturated carbocycles. The highest BCUT2D eigenvalue weighted by molar-refractivity contribution is 5.88. The summed E-state index contributed by atoms with van der Waals surface area (Å²) in [5, 5.41) is 17.5. The van der Waals surface area contributed by atoms with Gasteiger partial charge in [0, 0.05) is 31.0 Å². The van der Waals surface area contributed by atoms with E-state index in [9.17, 15) is 4.79 Å². The molecule has 2 rings (SSSR count). The Labute approximate surface area is 123 Å². The molecule has 7 heteroatoms. The number of hydrogen-bond donors (Lipinski definition) is 2. The van der Waals surface area contributed by atoms with Gasteiger partial charge in [-0.1, -0.05) is 13.8 Å². The van der Waals surface area contributed by atoms with E-state index in [2.05, 4.69) is 39.8 Å². The van der Waals surface area contributed by atoms with Crippen LogP contribution >= 0.6 is 0 Å². The Hall–Kier alpha value is -2.44. The van der Waals surface area contributed by atoms with E-state index in [4.69, 9.17) is 0 Å². The van der Waals surface area contributed by atoms with Crippen molar-refractivity contribution in [2.45, 2.75) is 33.2 Å². The van der Waals surface area contributed by atoms with Gasteiger partial charge in [0.05, 0.1) is 5.69 Å². The SMILES string of the molecule is CCc1nn(C)c(CC)c1CNC(=O)Nc1cccnn1. The highest BCUT2D eigenvalue weighted by Crippen LogP contribution is 2.15. The minimum atomic E-state index is -0.302. The monoisotopic (exact) mass is 288 g/mol. The third-order valence-electron chi connectivity index (χ3n) is 3.27. The number of urea groups is 1. The van der Waals surface area contributed by atoms with Crippen molar-refractivity contribution in [3.05, 3.63) is 35.3 Å². The zero-order chi connectivity index (χ0) is 15.2. The van der Waals surface area contributed by atoms with Gasteiger partial charge in [0.25, 0.3) is 0 Å². The largest absolute Gasteiger partial charge is 0.334 e. The van der Waals surface area contributed by atoms with Crippen LogP contribution in [0.5, 0.6) is 0 Å². The summed E-state index contributed by atoms with van der Waals surface area (Å²) in [7, 11) is 1.93. The summed E-state index contributed by atoms with van der Waals surface area (Å²) < 4.78 is 1.89. The molecule has 0 bridgehead atoms. The Kier molecular flexibility index (Phi) is 4.86. The van der Waals surface area contributed by atoms with Gasteiger partial charge in [0.15, 0.2) is 5.82 Å². The van der Waals surface area contributed by atoms with E-state index in [0.717, 1.165) is 29.8 Å². The molecule has 7 nitrogen and oxygen atoms in total. The van der Waals surface area contributed by atoms with Crippen LogP contribution in [0.15, 0.2) is 18.3 Å². The van der Waals surface area contributed by atoms with E-state index in [0.29, 0.717) is 12.4 Å². The molecule has 0 atom stereocenters. The lowest BCUT2D eigenvalue weighted by molar-refractivity contribution is 0.251. The lowest BCUT2D eigenvalue weighted by atomic mass is 10.1. The number of carbonyl (C=O) groups is 1. The van der Waals surface area contributed by atoms with Gasteiger partial charge in [-0.2, -0.15) is 10.2 Å². The lowest BCUT2D eigenvalue weighted by Crippen LogP contribution is -2.29. The first-order valence-electron chi connectivity index (χ1n) is 7.01. The molecule has 2 N–H and O–H groups in total. The number of aromatic nitrogens is 4. The molecule has 21 heavy (non-hydrogen) atoms. The number of rotatable bonds is 5. The highest BCUT2D eigenvalue weighted by atomic mass is 16.2. The molecule has 112 valence electrons. The third kappa shape index (κ3) is 3.56. The number of nitrogens with one attached hydrogen (secondary N) is 2. The van der Waals surface area contributed by atoms with Gasteiger partial charge < -0.3 is 5.32 Å². The molecular weight excluding hydrogens is 268 g/mol. The van der Waals surface area contributed by atoms with Crippen molar-refractivity contribution in [2.75, 3.05) is 5.32 Å². The Morgan fingerprint density at radius 1 is 1.33 bits per heavy atom. The fourth-order valence-electron chi connectivity index (χ4n) is 2.29. The lowest BCUT2D eigenvalue weighted by Gasteiger charge is -2.08. The minimum Gasteiger partial charge on any atom is -0.334 e. The number of nitrogens with zero attached hydrogens (tertiary/aromatic N) is 4. The van der Waals surface area contributed by atoms with Crippen LogP contribution in [0, 0.1) is 0 Å². The summed E-state index contributed by atoms with van der Waals surface area (Å²) >= 11 is 0. The zero-order valence-electron chi connectivity index (χ0n) is 12.6. The van der Waals surface area contributed by atoms with Crippen LogP contribution in [0.3, 0.4) is 0 Å². The van der Waals surface area contributed by atoms with Crippen molar-refractivity contribution < 1.29 is 4.79 Å². The molecule has 0 aliphatic heterocycles. The van der Waals surface area contributed by atoms with Gasteiger partial charge in [-0.15, -0.1) is 5.10 Å². The van der Waals surface area contributed by atoms with Crippen molar-refractivity contribution in [3.8, 4) is 0 Å². The predicted octanol–water partition coefficient (Wildman–Crippen LogP) is 1.66. The Bertz CT molecular complexity index is 607. The van der Waals surface area contributed by atoms with Crippen LogP contribution < -0.4 is 10.6 Å². The van der Waals surface area contributed by atoms with Crippen LogP contribution in [-0.4, -0.2) is 26.0 Å². The van der Waals surface area contributed by atoms with E-state index in [1.54, 1.807) is 18.3 Å². The molecule has 2 heterocycles. The van der Waals surface area contributed by atoms with E-state index < -0.39 is 0 Å². The molecular formula is C14H20N6O. The molecule has 0 spiro atoms. The fraction of sp³-hybridized carbons (Fsp3) is 0.429. The normalized spacial score (nSPS) is 10.4. The number of aryl methyl sites for hydroxylation is 2. The van der Waals surface area contributed by atoms with E-state index >= 15 is 0 Å². The second kappa shape index (κ2) is 6.83. The molecule has 0 unspecified atom stereocenters. The fourth-order valence-corrected chi connectivity index (χ4v) is 2.29. The average Bonchev–Trinajstić information content (AvgIpc) is 2.81. The summed E-state index contributed by atoms with van der Waals surface area (Å²) in [4.78, 5) is 11.9. The zero-order valence-corrected chi connectivity index (χ0v) is 12.6. The standard InChI is InChI=1S/C14H20N6O/c1-4-11-10(12(5-2)20(3)19-11)9-15-14(21)17-13-7-6-8-16-18-13/h6-8H,4-5,9H2,1-3H3,(H2,15,17,18,21). The number of anilines is 1. The molecule has 0 aliphatic rings. The average molecular weight is 288 g/mol. The van der Waals surface area contributed by atoms with E-state index in [-0.39, 0.29) is 6.03 Å². The van der Waals surface area contributed by atoms with Crippen molar-refractivity contribution in [1.82, 2.24) is 25.3 Å². The topological polar surface area (TPSA) is 84.7 Å². The van der Waals surface area contributed by atoms with Crippen LogP contribution in [0.1, 0.15) is 30.8 Å². The molecule has 0 radical (unpaired) electrons. The first-order chi connectivity index (χ1) is 10.2. The number of carbonyl (C=O) groups excluding carboxylic acids is 1. The minimum absolute atomic E-state index is 0.302. The summed E-state index contributed by atoms with van der Waals surface area (Å²) in [5.74, 6) is 0.424. The predicted molar refractivity (Wildman–Crippen MR) is 79.9 cm³/mol. The van der Waals surface area contributed by atoms with Crippen molar-refractivity contribution in [1.29, 1.82) is 0 Å². The van der Waals surface area contributed by atoms with Crippen molar-refractivity contribution in [3.63, 3.8) is 0 Å². The van der Waals surface area contributed by atoms with Gasteiger partial charge in [-0.05, 0) is 25.0 Å². The van der Waals surface area contributed by atoms with Crippen LogP contribution in [0.25, 0.3) is 0 Å². The van der Waals surface area contributed by atoms with Crippen LogP contribution in [0.2, 0.25) is 0 Å². The molecule has 2 aromatic rings. The molecule has 0 fully saturated rings. The van der Waals surface area contributed by atoms with E-state index in [1.807, 2.05) is 11.7 Å². The summed E-state index contributed by atoms with van der Waals surface area (Å²) in [5.41, 5.74) is 3.26. The molecule has 0 aliphatic carbocycles. The quantitative estimate of drug-likeness (QED) is 0.876. The molecule has 2 aromatic heterocycles. The second-order valence-electron chi connectivity index (χ2n) is 4.62. The maximum Gasteiger partial charge on any atom is 0.320 e. The first-order valence-corrected chi connectivity index (χ1v) is 7.01. The van der Waals surface area contributed by atoms with Crippen LogP contribution in [-0.2, 0) is 26.4 Å². The number of amides is 2. The maximum atomic E-state index is 11.9. The summed E-state index contributed by atoms with van der Waals surface area (Å²) in [6.07, 6.45) is 3.28. The first kappa shape index (κ1) is 15.0. The van der Waals surface area contributed by atoms with Crippen molar-refractivity contribution >= 4 is 11.8 Å². The van der Waals surface area contributed by atoms with Gasteiger partial charge >= 0.3 is 6.03 Å². The summed E-state index contributed by atoms with van der Waals surface area (Å²) in [6.45, 7) is 4.59. The summed E-state index contributed by atoms with van der Waals surface area (Å²) in [6, 6.07) is 3.10. The molecule has 0 aromatic carbocycles. The Balaban J connectivity index is 2.01. The molecule has 2 amide bonds. The highest BCUT2D eigenvalue weighted by Gasteiger charge is 2.14. The van der Waals surface area contributed by atoms with Gasteiger partial charge in [-0.3, -0.25) is 10.00 Å². The Morgan fingerprint density at radius 3 is 2.76 bits per heavy atom. The van der Waals surface area contributed by atoms with Crippen molar-refractivity contribution in [2.24, 2.45) is 7.05 Å². The van der Waals surface area contributed by atoms with Crippen LogP contribution in [0.4, 0.5) is 10.6 Å². The molecule has 0 saturated heterocycles. The van der Waals surface area contributed by atoms with Gasteiger partial charge in [-0.25, -0.2) is 4.79 Å². The Morgan fingerprint density at radius 2 is 2.14 bits per heavy atom. The third-order valence-corrected chi connectivity index (χ3v) is 3.27.